The fourth-order valence-corrected chi connectivity index (χ4v) is 3.78. The van der Waals surface area contributed by atoms with E-state index in [4.69, 9.17) is 0 Å². The monoisotopic (exact) mass is 373 g/mol. The summed E-state index contributed by atoms with van der Waals surface area (Å²) in [6.45, 7) is 2.11. The van der Waals surface area contributed by atoms with Gasteiger partial charge in [0.2, 0.25) is 0 Å². The number of aryl methyl sites for hydroxylation is 2. The maximum absolute atomic E-state index is 4.48. The molecule has 3 heterocycles. The van der Waals surface area contributed by atoms with Crippen molar-refractivity contribution in [2.24, 2.45) is 0 Å². The van der Waals surface area contributed by atoms with Gasteiger partial charge in [-0.2, -0.15) is 0 Å². The molecule has 4 aromatic rings. The average molecular weight is 373 g/mol. The van der Waals surface area contributed by atoms with Gasteiger partial charge in [0.25, 0.3) is 0 Å². The summed E-state index contributed by atoms with van der Waals surface area (Å²) in [6.07, 6.45) is 6.27. The number of aromatic nitrogens is 5. The number of pyridine rings is 2. The van der Waals surface area contributed by atoms with E-state index in [0.717, 1.165) is 40.1 Å². The van der Waals surface area contributed by atoms with Crippen molar-refractivity contribution >= 4 is 11.8 Å². The van der Waals surface area contributed by atoms with Crippen molar-refractivity contribution in [1.29, 1.82) is 0 Å². The summed E-state index contributed by atoms with van der Waals surface area (Å²) >= 11 is 1.69. The molecule has 0 amide bonds. The Labute approximate surface area is 162 Å². The van der Waals surface area contributed by atoms with Crippen molar-refractivity contribution in [1.82, 2.24) is 24.7 Å². The summed E-state index contributed by atoms with van der Waals surface area (Å²) in [5.41, 5.74) is 4.35. The molecule has 3 aromatic heterocycles. The van der Waals surface area contributed by atoms with Crippen molar-refractivity contribution < 1.29 is 0 Å². The topological polar surface area (TPSA) is 56.5 Å². The summed E-state index contributed by atoms with van der Waals surface area (Å²) in [4.78, 5) is 8.51. The Morgan fingerprint density at radius 2 is 1.70 bits per heavy atom. The second kappa shape index (κ2) is 8.14. The number of benzene rings is 1. The van der Waals surface area contributed by atoms with Gasteiger partial charge >= 0.3 is 0 Å². The van der Waals surface area contributed by atoms with Crippen LogP contribution in [0.2, 0.25) is 0 Å². The Morgan fingerprint density at radius 3 is 2.48 bits per heavy atom. The van der Waals surface area contributed by atoms with E-state index in [9.17, 15) is 0 Å². The molecule has 4 rings (SSSR count). The van der Waals surface area contributed by atoms with E-state index in [2.05, 4.69) is 49.9 Å². The Kier molecular flexibility index (Phi) is 5.25. The first-order chi connectivity index (χ1) is 13.3. The second-order valence-corrected chi connectivity index (χ2v) is 7.15. The zero-order valence-electron chi connectivity index (χ0n) is 15.0. The normalized spacial score (nSPS) is 10.9. The standard InChI is InChI=1S/C21H19N5S/c1-16-6-2-3-8-19(16)26-20(17-9-13-22-14-10-17)24-25-21(26)27-15-11-18-7-4-5-12-23-18/h2-10,12-14H,11,15H2,1H3. The van der Waals surface area contributed by atoms with Gasteiger partial charge in [0.05, 0.1) is 5.69 Å². The lowest BCUT2D eigenvalue weighted by Crippen LogP contribution is -2.02. The summed E-state index contributed by atoms with van der Waals surface area (Å²) in [5, 5.41) is 9.84. The van der Waals surface area contributed by atoms with Gasteiger partial charge in [0, 0.05) is 35.6 Å². The summed E-state index contributed by atoms with van der Waals surface area (Å²) in [6, 6.07) is 18.2. The highest BCUT2D eigenvalue weighted by atomic mass is 32.2. The minimum atomic E-state index is 0.826. The van der Waals surface area contributed by atoms with Crippen molar-refractivity contribution in [3.63, 3.8) is 0 Å². The smallest absolute Gasteiger partial charge is 0.196 e. The van der Waals surface area contributed by atoms with Crippen LogP contribution in [0.5, 0.6) is 0 Å². The molecule has 0 N–H and O–H groups in total. The molecule has 0 bridgehead atoms. The lowest BCUT2D eigenvalue weighted by Gasteiger charge is -2.12. The number of hydrogen-bond donors (Lipinski definition) is 0. The molecule has 0 spiro atoms. The van der Waals surface area contributed by atoms with Crippen LogP contribution in [0.15, 0.2) is 78.3 Å². The number of rotatable bonds is 6. The van der Waals surface area contributed by atoms with Crippen molar-refractivity contribution in [3.05, 3.63) is 84.4 Å². The van der Waals surface area contributed by atoms with E-state index in [1.54, 1.807) is 24.2 Å². The highest BCUT2D eigenvalue weighted by Crippen LogP contribution is 2.29. The molecular formula is C21H19N5S. The lowest BCUT2D eigenvalue weighted by atomic mass is 10.2. The molecule has 0 aliphatic heterocycles. The van der Waals surface area contributed by atoms with Gasteiger partial charge in [0.1, 0.15) is 0 Å². The average Bonchev–Trinajstić information content (AvgIpc) is 3.13. The van der Waals surface area contributed by atoms with Gasteiger partial charge in [-0.1, -0.05) is 36.0 Å². The Balaban J connectivity index is 1.67. The van der Waals surface area contributed by atoms with Crippen molar-refractivity contribution in [2.45, 2.75) is 18.5 Å². The summed E-state index contributed by atoms with van der Waals surface area (Å²) < 4.78 is 2.13. The molecule has 0 fully saturated rings. The van der Waals surface area contributed by atoms with Crippen molar-refractivity contribution in [3.8, 4) is 17.1 Å². The Bertz CT molecular complexity index is 1020. The predicted molar refractivity (Wildman–Crippen MR) is 108 cm³/mol. The zero-order valence-corrected chi connectivity index (χ0v) is 15.8. The minimum Gasteiger partial charge on any atom is -0.270 e. The molecule has 0 unspecified atom stereocenters. The van der Waals surface area contributed by atoms with Crippen LogP contribution in [0.1, 0.15) is 11.3 Å². The van der Waals surface area contributed by atoms with Gasteiger partial charge in [-0.25, -0.2) is 0 Å². The van der Waals surface area contributed by atoms with E-state index in [0.29, 0.717) is 0 Å². The van der Waals surface area contributed by atoms with Gasteiger partial charge in [-0.05, 0) is 49.2 Å². The highest BCUT2D eigenvalue weighted by molar-refractivity contribution is 7.99. The molecule has 1 aromatic carbocycles. The number of hydrogen-bond acceptors (Lipinski definition) is 5. The molecule has 27 heavy (non-hydrogen) atoms. The zero-order chi connectivity index (χ0) is 18.5. The fraction of sp³-hybridized carbons (Fsp3) is 0.143. The number of nitrogens with zero attached hydrogens (tertiary/aromatic N) is 5. The van der Waals surface area contributed by atoms with Gasteiger partial charge in [-0.3, -0.25) is 14.5 Å². The van der Waals surface area contributed by atoms with Gasteiger partial charge in [0.15, 0.2) is 11.0 Å². The molecule has 0 atom stereocenters. The maximum Gasteiger partial charge on any atom is 0.196 e. The summed E-state index contributed by atoms with van der Waals surface area (Å²) in [7, 11) is 0. The molecule has 6 heteroatoms. The van der Waals surface area contributed by atoms with Crippen LogP contribution < -0.4 is 0 Å². The predicted octanol–water partition coefficient (Wildman–Crippen LogP) is 4.37. The van der Waals surface area contributed by atoms with Crippen LogP contribution in [-0.2, 0) is 6.42 Å². The largest absolute Gasteiger partial charge is 0.270 e. The second-order valence-electron chi connectivity index (χ2n) is 6.08. The number of thioether (sulfide) groups is 1. The highest BCUT2D eigenvalue weighted by Gasteiger charge is 2.17. The quantitative estimate of drug-likeness (QED) is 0.470. The molecule has 0 saturated carbocycles. The SMILES string of the molecule is Cc1ccccc1-n1c(SCCc2ccccn2)nnc1-c1ccncc1. The molecule has 0 aliphatic rings. The lowest BCUT2D eigenvalue weighted by molar-refractivity contribution is 0.878. The van der Waals surface area contributed by atoms with Crippen LogP contribution in [0.25, 0.3) is 17.1 Å². The van der Waals surface area contributed by atoms with E-state index in [1.807, 2.05) is 42.6 Å². The van der Waals surface area contributed by atoms with Crippen LogP contribution >= 0.6 is 11.8 Å². The van der Waals surface area contributed by atoms with Gasteiger partial charge in [-0.15, -0.1) is 10.2 Å². The van der Waals surface area contributed by atoms with Crippen LogP contribution in [0.3, 0.4) is 0 Å². The first-order valence-electron chi connectivity index (χ1n) is 8.77. The third-order valence-corrected chi connectivity index (χ3v) is 5.17. The molecular weight excluding hydrogens is 354 g/mol. The van der Waals surface area contributed by atoms with E-state index in [1.165, 1.54) is 5.56 Å². The first-order valence-corrected chi connectivity index (χ1v) is 9.76. The molecule has 0 aliphatic carbocycles. The first kappa shape index (κ1) is 17.4. The maximum atomic E-state index is 4.48. The van der Waals surface area contributed by atoms with Crippen LogP contribution in [-0.4, -0.2) is 30.5 Å². The van der Waals surface area contributed by atoms with E-state index >= 15 is 0 Å². The molecule has 0 radical (unpaired) electrons. The summed E-state index contributed by atoms with van der Waals surface area (Å²) in [5.74, 6) is 1.71. The minimum absolute atomic E-state index is 0.826. The van der Waals surface area contributed by atoms with E-state index < -0.39 is 0 Å². The third-order valence-electron chi connectivity index (χ3n) is 4.24. The third kappa shape index (κ3) is 3.90. The number of para-hydroxylation sites is 1. The molecule has 0 saturated heterocycles. The van der Waals surface area contributed by atoms with Crippen LogP contribution in [0.4, 0.5) is 0 Å². The fourth-order valence-electron chi connectivity index (χ4n) is 2.88. The van der Waals surface area contributed by atoms with Crippen molar-refractivity contribution in [2.75, 3.05) is 5.75 Å². The van der Waals surface area contributed by atoms with Crippen LogP contribution in [0, 0.1) is 6.92 Å². The molecule has 134 valence electrons. The molecule has 5 nitrogen and oxygen atoms in total. The Morgan fingerprint density at radius 1 is 0.889 bits per heavy atom. The van der Waals surface area contributed by atoms with Gasteiger partial charge < -0.3 is 0 Å². The Hall–Kier alpha value is -2.99. The van der Waals surface area contributed by atoms with E-state index in [-0.39, 0.29) is 0 Å².